The maximum absolute atomic E-state index is 5.87. The maximum atomic E-state index is 5.87. The molecule has 1 rings (SSSR count). The fraction of sp³-hybridized carbons (Fsp3) is 0.562. The molecule has 0 saturated carbocycles. The lowest BCUT2D eigenvalue weighted by Crippen LogP contribution is -2.33. The fourth-order valence-corrected chi connectivity index (χ4v) is 2.43. The molecule has 0 bridgehead atoms. The van der Waals surface area contributed by atoms with Crippen molar-refractivity contribution in [1.82, 2.24) is 0 Å². The Bertz CT molecular complexity index is 448. The second kappa shape index (κ2) is 7.48. The van der Waals surface area contributed by atoms with E-state index in [9.17, 15) is 0 Å². The van der Waals surface area contributed by atoms with E-state index in [2.05, 4.69) is 32.6 Å². The molecule has 20 heavy (non-hydrogen) atoms. The minimum atomic E-state index is 0.431. The molecule has 0 aromatic heterocycles. The molecule has 0 radical (unpaired) electrons. The molecule has 0 heterocycles. The number of nitrogens with zero attached hydrogens (tertiary/aromatic N) is 1. The van der Waals surface area contributed by atoms with E-state index in [0.29, 0.717) is 16.8 Å². The fourth-order valence-electron chi connectivity index (χ4n) is 2.26. The Morgan fingerprint density at radius 1 is 1.20 bits per heavy atom. The van der Waals surface area contributed by atoms with Crippen molar-refractivity contribution in [3.05, 3.63) is 23.8 Å². The van der Waals surface area contributed by atoms with Crippen LogP contribution < -0.4 is 15.4 Å². The second-order valence-electron chi connectivity index (χ2n) is 5.94. The van der Waals surface area contributed by atoms with Crippen LogP contribution in [0.2, 0.25) is 0 Å². The average molecular weight is 294 g/mol. The van der Waals surface area contributed by atoms with Crippen molar-refractivity contribution in [2.45, 2.75) is 27.7 Å². The minimum Gasteiger partial charge on any atom is -0.497 e. The summed E-state index contributed by atoms with van der Waals surface area (Å²) >= 11 is 5.19. The van der Waals surface area contributed by atoms with Gasteiger partial charge in [0.2, 0.25) is 0 Å². The standard InChI is InChI=1S/C16H26N2OS/c1-11(2)9-18(10-12(3)4)15-8-13(19-5)6-7-14(15)16(17)20/h6-8,11-12H,9-10H2,1-5H3,(H2,17,20). The van der Waals surface area contributed by atoms with E-state index in [-0.39, 0.29) is 0 Å². The van der Waals surface area contributed by atoms with Gasteiger partial charge in [-0.2, -0.15) is 0 Å². The van der Waals surface area contributed by atoms with Gasteiger partial charge in [0, 0.05) is 24.7 Å². The summed E-state index contributed by atoms with van der Waals surface area (Å²) < 4.78 is 5.34. The molecule has 0 amide bonds. The number of ether oxygens (including phenoxy) is 1. The summed E-state index contributed by atoms with van der Waals surface area (Å²) in [5.41, 5.74) is 7.86. The van der Waals surface area contributed by atoms with Crippen LogP contribution in [-0.2, 0) is 0 Å². The molecule has 1 aromatic rings. The molecular weight excluding hydrogens is 268 g/mol. The molecule has 0 fully saturated rings. The predicted octanol–water partition coefficient (Wildman–Crippen LogP) is 3.45. The summed E-state index contributed by atoms with van der Waals surface area (Å²) in [6.07, 6.45) is 0. The van der Waals surface area contributed by atoms with E-state index in [4.69, 9.17) is 22.7 Å². The molecular formula is C16H26N2OS. The van der Waals surface area contributed by atoms with Gasteiger partial charge in [0.15, 0.2) is 0 Å². The van der Waals surface area contributed by atoms with E-state index in [1.807, 2.05) is 18.2 Å². The number of rotatable bonds is 7. The lowest BCUT2D eigenvalue weighted by atomic mass is 10.1. The van der Waals surface area contributed by atoms with Crippen LogP contribution in [0.15, 0.2) is 18.2 Å². The van der Waals surface area contributed by atoms with Gasteiger partial charge in [0.25, 0.3) is 0 Å². The van der Waals surface area contributed by atoms with Crippen LogP contribution in [0.5, 0.6) is 5.75 Å². The number of hydrogen-bond donors (Lipinski definition) is 1. The first-order chi connectivity index (χ1) is 9.35. The van der Waals surface area contributed by atoms with Gasteiger partial charge in [-0.1, -0.05) is 39.9 Å². The van der Waals surface area contributed by atoms with Crippen LogP contribution in [0.1, 0.15) is 33.3 Å². The monoisotopic (exact) mass is 294 g/mol. The Labute approximate surface area is 128 Å². The first-order valence-electron chi connectivity index (χ1n) is 7.08. The molecule has 0 atom stereocenters. The Balaban J connectivity index is 3.23. The Morgan fingerprint density at radius 2 is 1.75 bits per heavy atom. The average Bonchev–Trinajstić information content (AvgIpc) is 2.36. The topological polar surface area (TPSA) is 38.5 Å². The SMILES string of the molecule is COc1ccc(C(N)=S)c(N(CC(C)C)CC(C)C)c1. The van der Waals surface area contributed by atoms with Crippen molar-refractivity contribution in [3.63, 3.8) is 0 Å². The van der Waals surface area contributed by atoms with Gasteiger partial charge in [-0.05, 0) is 24.0 Å². The highest BCUT2D eigenvalue weighted by Gasteiger charge is 2.16. The zero-order chi connectivity index (χ0) is 15.3. The predicted molar refractivity (Wildman–Crippen MR) is 90.8 cm³/mol. The number of hydrogen-bond acceptors (Lipinski definition) is 3. The van der Waals surface area contributed by atoms with Gasteiger partial charge in [0.05, 0.1) is 12.8 Å². The molecule has 0 aliphatic heterocycles. The quantitative estimate of drug-likeness (QED) is 0.782. The lowest BCUT2D eigenvalue weighted by molar-refractivity contribution is 0.414. The third-order valence-corrected chi connectivity index (χ3v) is 3.20. The molecule has 2 N–H and O–H groups in total. The number of anilines is 1. The van der Waals surface area contributed by atoms with Crippen LogP contribution in [0.3, 0.4) is 0 Å². The second-order valence-corrected chi connectivity index (χ2v) is 6.38. The minimum absolute atomic E-state index is 0.431. The van der Waals surface area contributed by atoms with Gasteiger partial charge in [-0.25, -0.2) is 0 Å². The zero-order valence-electron chi connectivity index (χ0n) is 13.1. The molecule has 0 aliphatic carbocycles. The summed E-state index contributed by atoms with van der Waals surface area (Å²) in [4.78, 5) is 2.78. The van der Waals surface area contributed by atoms with Crippen LogP contribution >= 0.6 is 12.2 Å². The van der Waals surface area contributed by atoms with E-state index in [0.717, 1.165) is 30.1 Å². The third-order valence-electron chi connectivity index (χ3n) is 2.98. The molecule has 0 spiro atoms. The van der Waals surface area contributed by atoms with E-state index >= 15 is 0 Å². The summed E-state index contributed by atoms with van der Waals surface area (Å²) in [6.45, 7) is 10.8. The normalized spacial score (nSPS) is 10.9. The number of thiocarbonyl (C=S) groups is 1. The van der Waals surface area contributed by atoms with Gasteiger partial charge in [-0.3, -0.25) is 0 Å². The lowest BCUT2D eigenvalue weighted by Gasteiger charge is -2.30. The summed E-state index contributed by atoms with van der Waals surface area (Å²) in [6, 6.07) is 5.88. The van der Waals surface area contributed by atoms with E-state index < -0.39 is 0 Å². The highest BCUT2D eigenvalue weighted by Crippen LogP contribution is 2.27. The smallest absolute Gasteiger partial charge is 0.120 e. The molecule has 1 aromatic carbocycles. The Kier molecular flexibility index (Phi) is 6.27. The number of methoxy groups -OCH3 is 1. The van der Waals surface area contributed by atoms with Crippen molar-refractivity contribution in [3.8, 4) is 5.75 Å². The molecule has 4 heteroatoms. The van der Waals surface area contributed by atoms with Crippen LogP contribution in [0, 0.1) is 11.8 Å². The first kappa shape index (κ1) is 16.8. The van der Waals surface area contributed by atoms with Crippen LogP contribution in [-0.4, -0.2) is 25.2 Å². The molecule has 0 aliphatic rings. The zero-order valence-corrected chi connectivity index (χ0v) is 14.0. The summed E-state index contributed by atoms with van der Waals surface area (Å²) in [7, 11) is 1.68. The van der Waals surface area contributed by atoms with Gasteiger partial charge in [-0.15, -0.1) is 0 Å². The molecule has 0 saturated heterocycles. The Morgan fingerprint density at radius 3 is 2.15 bits per heavy atom. The van der Waals surface area contributed by atoms with E-state index in [1.165, 1.54) is 0 Å². The van der Waals surface area contributed by atoms with Crippen molar-refractivity contribution < 1.29 is 4.74 Å². The summed E-state index contributed by atoms with van der Waals surface area (Å²) in [5, 5.41) is 0. The van der Waals surface area contributed by atoms with Gasteiger partial charge in [0.1, 0.15) is 10.7 Å². The van der Waals surface area contributed by atoms with E-state index in [1.54, 1.807) is 7.11 Å². The highest BCUT2D eigenvalue weighted by atomic mass is 32.1. The maximum Gasteiger partial charge on any atom is 0.120 e. The first-order valence-corrected chi connectivity index (χ1v) is 7.48. The summed E-state index contributed by atoms with van der Waals surface area (Å²) in [5.74, 6) is 1.97. The van der Waals surface area contributed by atoms with Crippen molar-refractivity contribution in [2.75, 3.05) is 25.1 Å². The van der Waals surface area contributed by atoms with Gasteiger partial charge >= 0.3 is 0 Å². The van der Waals surface area contributed by atoms with Crippen molar-refractivity contribution >= 4 is 22.9 Å². The number of nitrogens with two attached hydrogens (primary N) is 1. The largest absolute Gasteiger partial charge is 0.497 e. The Hall–Kier alpha value is -1.29. The van der Waals surface area contributed by atoms with Crippen molar-refractivity contribution in [1.29, 1.82) is 0 Å². The third kappa shape index (κ3) is 4.67. The molecule has 0 unspecified atom stereocenters. The molecule has 3 nitrogen and oxygen atoms in total. The highest BCUT2D eigenvalue weighted by molar-refractivity contribution is 7.80. The van der Waals surface area contributed by atoms with Gasteiger partial charge < -0.3 is 15.4 Å². The van der Waals surface area contributed by atoms with Crippen LogP contribution in [0.4, 0.5) is 5.69 Å². The van der Waals surface area contributed by atoms with Crippen LogP contribution in [0.25, 0.3) is 0 Å². The van der Waals surface area contributed by atoms with Crippen molar-refractivity contribution in [2.24, 2.45) is 17.6 Å². The molecule has 112 valence electrons. The number of benzene rings is 1.